The topological polar surface area (TPSA) is 79.0 Å². The van der Waals surface area contributed by atoms with Crippen molar-refractivity contribution in [2.75, 3.05) is 38.5 Å². The number of hydrogen-bond acceptors (Lipinski definition) is 5. The van der Waals surface area contributed by atoms with Crippen molar-refractivity contribution in [1.82, 2.24) is 15.1 Å². The van der Waals surface area contributed by atoms with Crippen LogP contribution in [0.25, 0.3) is 0 Å². The molecule has 0 aromatic heterocycles. The van der Waals surface area contributed by atoms with Crippen LogP contribution in [0.1, 0.15) is 26.2 Å². The van der Waals surface area contributed by atoms with E-state index in [9.17, 15) is 14.4 Å². The van der Waals surface area contributed by atoms with Gasteiger partial charge >= 0.3 is 6.09 Å². The van der Waals surface area contributed by atoms with Crippen molar-refractivity contribution in [2.24, 2.45) is 0 Å². The second-order valence-corrected chi connectivity index (χ2v) is 6.43. The van der Waals surface area contributed by atoms with Crippen LogP contribution < -0.4 is 5.32 Å². The van der Waals surface area contributed by atoms with Crippen molar-refractivity contribution in [3.8, 4) is 0 Å². The molecule has 0 bridgehead atoms. The Hall–Kier alpha value is -1.44. The molecule has 2 fully saturated rings. The Morgan fingerprint density at radius 2 is 2.05 bits per heavy atom. The second-order valence-electron chi connectivity index (χ2n) is 5.38. The van der Waals surface area contributed by atoms with E-state index in [4.69, 9.17) is 4.74 Å². The van der Waals surface area contributed by atoms with Gasteiger partial charge < -0.3 is 19.9 Å². The zero-order valence-electron chi connectivity index (χ0n) is 12.9. The summed E-state index contributed by atoms with van der Waals surface area (Å²) in [4.78, 5) is 38.3. The number of carbonyl (C=O) groups is 3. The lowest BCUT2D eigenvalue weighted by Crippen LogP contribution is -2.47. The first-order valence-corrected chi connectivity index (χ1v) is 8.71. The van der Waals surface area contributed by atoms with Crippen molar-refractivity contribution < 1.29 is 19.1 Å². The number of carbonyl (C=O) groups excluding carboxylic acids is 3. The highest BCUT2D eigenvalue weighted by atomic mass is 32.2. The van der Waals surface area contributed by atoms with Gasteiger partial charge in [-0.1, -0.05) is 11.8 Å². The third-order valence-electron chi connectivity index (χ3n) is 3.84. The fourth-order valence-electron chi connectivity index (χ4n) is 2.59. The van der Waals surface area contributed by atoms with E-state index in [1.54, 1.807) is 16.7 Å². The Balaban J connectivity index is 1.64. The van der Waals surface area contributed by atoms with Gasteiger partial charge in [-0.15, -0.1) is 0 Å². The Bertz CT molecular complexity index is 424. The van der Waals surface area contributed by atoms with Crippen LogP contribution in [-0.4, -0.2) is 71.6 Å². The van der Waals surface area contributed by atoms with Crippen LogP contribution in [0, 0.1) is 0 Å². The Morgan fingerprint density at radius 1 is 1.32 bits per heavy atom. The highest BCUT2D eigenvalue weighted by molar-refractivity contribution is 8.13. The third-order valence-corrected chi connectivity index (χ3v) is 4.73. The molecule has 0 aromatic carbocycles. The summed E-state index contributed by atoms with van der Waals surface area (Å²) in [6, 6.07) is 0.0989. The molecule has 0 saturated carbocycles. The van der Waals surface area contributed by atoms with Gasteiger partial charge in [0, 0.05) is 44.4 Å². The summed E-state index contributed by atoms with van der Waals surface area (Å²) in [5.74, 6) is 0.784. The first-order chi connectivity index (χ1) is 10.6. The first-order valence-electron chi connectivity index (χ1n) is 7.73. The van der Waals surface area contributed by atoms with E-state index in [1.165, 1.54) is 11.8 Å². The predicted octanol–water partition coefficient (Wildman–Crippen LogP) is 1.28. The molecule has 7 nitrogen and oxygen atoms in total. The molecule has 124 valence electrons. The standard InChI is InChI=1S/C14H23N3O4S/c1-2-21-13(19)16-6-3-11(4-7-16)15-12(18)5-8-17-9-10-22-14(17)20/h11H,2-10H2,1H3,(H,15,18). The van der Waals surface area contributed by atoms with E-state index < -0.39 is 0 Å². The number of nitrogens with zero attached hydrogens (tertiary/aromatic N) is 2. The molecule has 2 saturated heterocycles. The summed E-state index contributed by atoms with van der Waals surface area (Å²) in [5, 5.41) is 3.05. The minimum Gasteiger partial charge on any atom is -0.450 e. The summed E-state index contributed by atoms with van der Waals surface area (Å²) in [5.41, 5.74) is 0. The summed E-state index contributed by atoms with van der Waals surface area (Å²) < 4.78 is 4.96. The Morgan fingerprint density at radius 3 is 2.64 bits per heavy atom. The monoisotopic (exact) mass is 329 g/mol. The lowest BCUT2D eigenvalue weighted by molar-refractivity contribution is -0.122. The highest BCUT2D eigenvalue weighted by Gasteiger charge is 2.25. The van der Waals surface area contributed by atoms with Crippen LogP contribution in [0.5, 0.6) is 0 Å². The average molecular weight is 329 g/mol. The summed E-state index contributed by atoms with van der Waals surface area (Å²) in [6.07, 6.45) is 1.54. The lowest BCUT2D eigenvalue weighted by Gasteiger charge is -2.31. The van der Waals surface area contributed by atoms with Crippen molar-refractivity contribution in [1.29, 1.82) is 0 Å². The number of rotatable bonds is 5. The van der Waals surface area contributed by atoms with Gasteiger partial charge in [0.15, 0.2) is 0 Å². The van der Waals surface area contributed by atoms with Crippen LogP contribution in [0.3, 0.4) is 0 Å². The molecule has 8 heteroatoms. The molecular weight excluding hydrogens is 306 g/mol. The normalized spacial score (nSPS) is 19.4. The average Bonchev–Trinajstić information content (AvgIpc) is 2.91. The summed E-state index contributed by atoms with van der Waals surface area (Å²) >= 11 is 1.31. The molecule has 0 spiro atoms. The van der Waals surface area contributed by atoms with Gasteiger partial charge in [-0.2, -0.15) is 0 Å². The lowest BCUT2D eigenvalue weighted by atomic mass is 10.1. The third kappa shape index (κ3) is 4.79. The van der Waals surface area contributed by atoms with Gasteiger partial charge in [0.25, 0.3) is 5.24 Å². The maximum absolute atomic E-state index is 11.9. The van der Waals surface area contributed by atoms with E-state index in [0.29, 0.717) is 32.7 Å². The van der Waals surface area contributed by atoms with E-state index in [-0.39, 0.29) is 23.3 Å². The molecule has 2 aliphatic rings. The SMILES string of the molecule is CCOC(=O)N1CCC(NC(=O)CCN2CCSC2=O)CC1. The summed E-state index contributed by atoms with van der Waals surface area (Å²) in [6.45, 7) is 4.58. The number of piperidine rings is 1. The number of likely N-dealkylation sites (tertiary alicyclic amines) is 1. The molecular formula is C14H23N3O4S. The van der Waals surface area contributed by atoms with Crippen LogP contribution >= 0.6 is 11.8 Å². The molecule has 2 aliphatic heterocycles. The zero-order valence-corrected chi connectivity index (χ0v) is 13.7. The minimum atomic E-state index is -0.280. The fourth-order valence-corrected chi connectivity index (χ4v) is 3.44. The van der Waals surface area contributed by atoms with Crippen LogP contribution in [0.2, 0.25) is 0 Å². The van der Waals surface area contributed by atoms with Crippen molar-refractivity contribution in [2.45, 2.75) is 32.2 Å². The molecule has 1 N–H and O–H groups in total. The van der Waals surface area contributed by atoms with Gasteiger partial charge in [0.2, 0.25) is 5.91 Å². The molecule has 2 heterocycles. The van der Waals surface area contributed by atoms with Gasteiger partial charge in [-0.25, -0.2) is 4.79 Å². The van der Waals surface area contributed by atoms with Gasteiger partial charge in [0.05, 0.1) is 6.61 Å². The van der Waals surface area contributed by atoms with E-state index in [0.717, 1.165) is 25.1 Å². The number of ether oxygens (including phenoxy) is 1. The van der Waals surface area contributed by atoms with Crippen LogP contribution in [0.4, 0.5) is 9.59 Å². The number of nitrogens with one attached hydrogen (secondary N) is 1. The number of thioether (sulfide) groups is 1. The molecule has 3 amide bonds. The quantitative estimate of drug-likeness (QED) is 0.822. The Labute approximate surface area is 134 Å². The van der Waals surface area contributed by atoms with E-state index >= 15 is 0 Å². The van der Waals surface area contributed by atoms with Crippen molar-refractivity contribution >= 4 is 29.0 Å². The first kappa shape index (κ1) is 16.9. The minimum absolute atomic E-state index is 0.0284. The fraction of sp³-hybridized carbons (Fsp3) is 0.786. The smallest absolute Gasteiger partial charge is 0.409 e. The van der Waals surface area contributed by atoms with E-state index in [2.05, 4.69) is 5.32 Å². The molecule has 0 unspecified atom stereocenters. The van der Waals surface area contributed by atoms with E-state index in [1.807, 2.05) is 0 Å². The Kier molecular flexibility index (Phi) is 6.35. The second kappa shape index (κ2) is 8.26. The molecule has 0 aliphatic carbocycles. The molecule has 2 rings (SSSR count). The predicted molar refractivity (Wildman–Crippen MR) is 83.8 cm³/mol. The number of amides is 3. The van der Waals surface area contributed by atoms with Gasteiger partial charge in [-0.05, 0) is 19.8 Å². The van der Waals surface area contributed by atoms with Gasteiger partial charge in [0.1, 0.15) is 0 Å². The molecule has 0 atom stereocenters. The maximum Gasteiger partial charge on any atom is 0.409 e. The largest absolute Gasteiger partial charge is 0.450 e. The van der Waals surface area contributed by atoms with Crippen LogP contribution in [0.15, 0.2) is 0 Å². The zero-order chi connectivity index (χ0) is 15.9. The number of hydrogen-bond donors (Lipinski definition) is 1. The van der Waals surface area contributed by atoms with Gasteiger partial charge in [-0.3, -0.25) is 9.59 Å². The van der Waals surface area contributed by atoms with Crippen LogP contribution in [-0.2, 0) is 9.53 Å². The van der Waals surface area contributed by atoms with Crippen molar-refractivity contribution in [3.05, 3.63) is 0 Å². The molecule has 22 heavy (non-hydrogen) atoms. The highest BCUT2D eigenvalue weighted by Crippen LogP contribution is 2.17. The summed E-state index contributed by atoms with van der Waals surface area (Å²) in [7, 11) is 0. The maximum atomic E-state index is 11.9. The molecule has 0 aromatic rings. The molecule has 0 radical (unpaired) electrons. The van der Waals surface area contributed by atoms with Crippen molar-refractivity contribution in [3.63, 3.8) is 0 Å².